The van der Waals surface area contributed by atoms with Crippen molar-refractivity contribution in [1.82, 2.24) is 15.5 Å². The van der Waals surface area contributed by atoms with Gasteiger partial charge in [-0.2, -0.15) is 0 Å². The molecule has 0 spiro atoms. The molecular weight excluding hydrogens is 418 g/mol. The predicted molar refractivity (Wildman–Crippen MR) is 115 cm³/mol. The predicted octanol–water partition coefficient (Wildman–Crippen LogP) is 1.21. The molecule has 0 saturated heterocycles. The molecule has 0 bridgehead atoms. The molecule has 3 N–H and O–H groups in total. The number of unbranched alkanes of at least 4 members (excludes halogenated alkanes) is 2. The van der Waals surface area contributed by atoms with E-state index >= 15 is 0 Å². The van der Waals surface area contributed by atoms with Crippen LogP contribution in [-0.2, 0) is 28.8 Å². The lowest BCUT2D eigenvalue weighted by Crippen LogP contribution is -2.44. The number of amides is 4. The maximum Gasteiger partial charge on any atom is 0.303 e. The summed E-state index contributed by atoms with van der Waals surface area (Å²) in [6.45, 7) is 5.19. The van der Waals surface area contributed by atoms with Crippen LogP contribution in [0.4, 0.5) is 0 Å². The van der Waals surface area contributed by atoms with Crippen molar-refractivity contribution in [3.8, 4) is 0 Å². The molecule has 1 aliphatic rings. The number of rotatable bonds is 14. The normalized spacial score (nSPS) is 13.7. The van der Waals surface area contributed by atoms with Gasteiger partial charge in [-0.1, -0.05) is 13.3 Å². The van der Waals surface area contributed by atoms with E-state index in [1.807, 2.05) is 0 Å². The first-order valence-electron chi connectivity index (χ1n) is 10.6. The van der Waals surface area contributed by atoms with E-state index in [1.165, 1.54) is 12.2 Å². The minimum absolute atomic E-state index is 0.0264. The highest BCUT2D eigenvalue weighted by Gasteiger charge is 2.24. The van der Waals surface area contributed by atoms with E-state index in [-0.39, 0.29) is 61.4 Å². The first-order chi connectivity index (χ1) is 15.1. The second-order valence-electron chi connectivity index (χ2n) is 7.67. The van der Waals surface area contributed by atoms with Crippen molar-refractivity contribution in [3.63, 3.8) is 0 Å². The molecule has 0 radical (unpaired) electrons. The molecule has 1 atom stereocenters. The molecule has 0 aromatic rings. The van der Waals surface area contributed by atoms with E-state index in [0.29, 0.717) is 24.8 Å². The average Bonchev–Trinajstić information content (AvgIpc) is 3.05. The molecule has 1 heterocycles. The Morgan fingerprint density at radius 1 is 1.00 bits per heavy atom. The second-order valence-corrected chi connectivity index (χ2v) is 7.67. The van der Waals surface area contributed by atoms with Gasteiger partial charge in [0.2, 0.25) is 5.91 Å². The third-order valence-corrected chi connectivity index (χ3v) is 4.87. The van der Waals surface area contributed by atoms with E-state index in [4.69, 9.17) is 5.11 Å². The van der Waals surface area contributed by atoms with Crippen LogP contribution in [0.15, 0.2) is 23.4 Å². The molecule has 0 aliphatic carbocycles. The SMILES string of the molecule is CCC(=O)[C@H](CCC(=O)O)NC(=O)C(NC(=O)CCCCCN1C(=O)C=CC1=O)=C(C)C. The van der Waals surface area contributed by atoms with Crippen molar-refractivity contribution in [2.45, 2.75) is 71.8 Å². The van der Waals surface area contributed by atoms with Crippen LogP contribution < -0.4 is 10.6 Å². The number of ketones is 1. The summed E-state index contributed by atoms with van der Waals surface area (Å²) in [5, 5.41) is 13.9. The lowest BCUT2D eigenvalue weighted by Gasteiger charge is -2.19. The van der Waals surface area contributed by atoms with Gasteiger partial charge in [0.05, 0.1) is 6.04 Å². The minimum atomic E-state index is -1.07. The van der Waals surface area contributed by atoms with Crippen LogP contribution in [0.3, 0.4) is 0 Å². The van der Waals surface area contributed by atoms with Gasteiger partial charge in [-0.15, -0.1) is 0 Å². The topological polar surface area (TPSA) is 150 Å². The number of nitrogens with zero attached hydrogens (tertiary/aromatic N) is 1. The van der Waals surface area contributed by atoms with Gasteiger partial charge in [-0.3, -0.25) is 33.7 Å². The van der Waals surface area contributed by atoms with Crippen LogP contribution in [0.5, 0.6) is 0 Å². The Balaban J connectivity index is 2.52. The smallest absolute Gasteiger partial charge is 0.303 e. The number of imide groups is 1. The number of allylic oxidation sites excluding steroid dienone is 1. The summed E-state index contributed by atoms with van der Waals surface area (Å²) < 4.78 is 0. The summed E-state index contributed by atoms with van der Waals surface area (Å²) in [4.78, 5) is 71.9. The summed E-state index contributed by atoms with van der Waals surface area (Å²) in [6, 6.07) is -0.944. The summed E-state index contributed by atoms with van der Waals surface area (Å²) >= 11 is 0. The largest absolute Gasteiger partial charge is 0.481 e. The Hall–Kier alpha value is -3.30. The number of carbonyl (C=O) groups excluding carboxylic acids is 5. The maximum absolute atomic E-state index is 12.6. The van der Waals surface area contributed by atoms with E-state index in [1.54, 1.807) is 20.8 Å². The molecule has 0 unspecified atom stereocenters. The first kappa shape index (κ1) is 26.7. The molecule has 1 aliphatic heterocycles. The maximum atomic E-state index is 12.6. The van der Waals surface area contributed by atoms with Gasteiger partial charge in [0.1, 0.15) is 5.70 Å². The first-order valence-corrected chi connectivity index (χ1v) is 10.6. The van der Waals surface area contributed by atoms with Crippen molar-refractivity contribution in [3.05, 3.63) is 23.4 Å². The van der Waals surface area contributed by atoms with Crippen LogP contribution in [0.1, 0.15) is 65.7 Å². The quantitative estimate of drug-likeness (QED) is 0.205. The number of carbonyl (C=O) groups is 6. The Morgan fingerprint density at radius 3 is 2.16 bits per heavy atom. The lowest BCUT2D eigenvalue weighted by molar-refractivity contribution is -0.138. The Morgan fingerprint density at radius 2 is 1.62 bits per heavy atom. The van der Waals surface area contributed by atoms with Crippen molar-refractivity contribution < 1.29 is 33.9 Å². The zero-order valence-electron chi connectivity index (χ0n) is 18.7. The molecule has 10 heteroatoms. The van der Waals surface area contributed by atoms with E-state index in [0.717, 1.165) is 4.90 Å². The fraction of sp³-hybridized carbons (Fsp3) is 0.545. The third-order valence-electron chi connectivity index (χ3n) is 4.87. The Kier molecular flexibility index (Phi) is 11.0. The van der Waals surface area contributed by atoms with Crippen molar-refractivity contribution in [2.75, 3.05) is 6.54 Å². The van der Waals surface area contributed by atoms with Gasteiger partial charge < -0.3 is 15.7 Å². The standard InChI is InChI=1S/C22H31N3O7/c1-4-16(26)15(9-12-20(30)31)23-22(32)21(14(2)3)24-17(27)8-6-5-7-13-25-18(28)10-11-19(25)29/h10-11,15H,4-9,12-13H2,1-3H3,(H,23,32)(H,24,27)(H,30,31)/t15-/m0/s1. The van der Waals surface area contributed by atoms with Crippen molar-refractivity contribution in [1.29, 1.82) is 0 Å². The molecule has 176 valence electrons. The van der Waals surface area contributed by atoms with E-state index < -0.39 is 17.9 Å². The molecule has 0 saturated carbocycles. The summed E-state index contributed by atoms with van der Waals surface area (Å²) in [7, 11) is 0. The highest BCUT2D eigenvalue weighted by Crippen LogP contribution is 2.09. The molecule has 0 fully saturated rings. The number of hydrogen-bond donors (Lipinski definition) is 3. The van der Waals surface area contributed by atoms with Crippen LogP contribution in [-0.4, -0.2) is 58.0 Å². The number of hydrogen-bond acceptors (Lipinski definition) is 6. The van der Waals surface area contributed by atoms with Crippen molar-refractivity contribution >= 4 is 35.4 Å². The number of carboxylic acids is 1. The molecular formula is C22H31N3O7. The molecule has 0 aromatic carbocycles. The second kappa shape index (κ2) is 13.2. The van der Waals surface area contributed by atoms with Crippen LogP contribution in [0.25, 0.3) is 0 Å². The number of carboxylic acid groups (broad SMARTS) is 1. The molecule has 4 amide bonds. The molecule has 32 heavy (non-hydrogen) atoms. The fourth-order valence-electron chi connectivity index (χ4n) is 3.05. The molecule has 10 nitrogen and oxygen atoms in total. The zero-order valence-corrected chi connectivity index (χ0v) is 18.7. The number of nitrogens with one attached hydrogen (secondary N) is 2. The Labute approximate surface area is 187 Å². The van der Waals surface area contributed by atoms with Crippen LogP contribution >= 0.6 is 0 Å². The average molecular weight is 450 g/mol. The summed E-state index contributed by atoms with van der Waals surface area (Å²) in [5.74, 6) is -3.06. The van der Waals surface area contributed by atoms with Crippen LogP contribution in [0.2, 0.25) is 0 Å². The number of aliphatic carboxylic acids is 1. The fourth-order valence-corrected chi connectivity index (χ4v) is 3.05. The van der Waals surface area contributed by atoms with Gasteiger partial charge >= 0.3 is 5.97 Å². The van der Waals surface area contributed by atoms with Gasteiger partial charge in [0.25, 0.3) is 17.7 Å². The zero-order chi connectivity index (χ0) is 24.3. The van der Waals surface area contributed by atoms with Gasteiger partial charge in [0, 0.05) is 38.0 Å². The highest BCUT2D eigenvalue weighted by atomic mass is 16.4. The van der Waals surface area contributed by atoms with Gasteiger partial charge in [-0.05, 0) is 38.7 Å². The third kappa shape index (κ3) is 8.83. The lowest BCUT2D eigenvalue weighted by atomic mass is 10.0. The number of Topliss-reactive ketones (excluding diaryl/α,β-unsaturated/α-hetero) is 1. The van der Waals surface area contributed by atoms with E-state index in [2.05, 4.69) is 10.6 Å². The molecule has 1 rings (SSSR count). The highest BCUT2D eigenvalue weighted by molar-refractivity contribution is 6.12. The van der Waals surface area contributed by atoms with E-state index in [9.17, 15) is 28.8 Å². The summed E-state index contributed by atoms with van der Waals surface area (Å²) in [5.41, 5.74) is 0.564. The summed E-state index contributed by atoms with van der Waals surface area (Å²) in [6.07, 6.45) is 4.11. The van der Waals surface area contributed by atoms with Crippen molar-refractivity contribution in [2.24, 2.45) is 0 Å². The Bertz CT molecular complexity index is 807. The van der Waals surface area contributed by atoms with Gasteiger partial charge in [0.15, 0.2) is 5.78 Å². The molecule has 0 aromatic heterocycles. The van der Waals surface area contributed by atoms with Crippen LogP contribution in [0, 0.1) is 0 Å². The van der Waals surface area contributed by atoms with Gasteiger partial charge in [-0.25, -0.2) is 0 Å². The monoisotopic (exact) mass is 449 g/mol. The minimum Gasteiger partial charge on any atom is -0.481 e.